The summed E-state index contributed by atoms with van der Waals surface area (Å²) < 4.78 is 12.9. The standard InChI is InChI=1S/C14H9FN4O2/c15-9-4-2-8(3-5-9)10-13(20)18-12(19-14(10)21)11-16-6-1-7-17-11/h1-7H,(H2,18,19,20,21). The molecule has 0 radical (unpaired) electrons. The van der Waals surface area contributed by atoms with E-state index in [0.717, 1.165) is 0 Å². The number of aromatic amines is 1. The molecule has 2 heterocycles. The van der Waals surface area contributed by atoms with Crippen molar-refractivity contribution in [2.45, 2.75) is 0 Å². The zero-order chi connectivity index (χ0) is 14.8. The largest absolute Gasteiger partial charge is 0.493 e. The Morgan fingerprint density at radius 3 is 2.38 bits per heavy atom. The zero-order valence-electron chi connectivity index (χ0n) is 10.6. The molecule has 3 rings (SSSR count). The van der Waals surface area contributed by atoms with Gasteiger partial charge in [-0.1, -0.05) is 12.1 Å². The van der Waals surface area contributed by atoms with Crippen molar-refractivity contribution in [3.63, 3.8) is 0 Å². The molecule has 21 heavy (non-hydrogen) atoms. The van der Waals surface area contributed by atoms with Crippen molar-refractivity contribution in [1.82, 2.24) is 19.9 Å². The lowest BCUT2D eigenvalue weighted by Crippen LogP contribution is -2.13. The van der Waals surface area contributed by atoms with E-state index in [4.69, 9.17) is 0 Å². The molecule has 1 aromatic carbocycles. The van der Waals surface area contributed by atoms with Crippen LogP contribution in [0.1, 0.15) is 0 Å². The summed E-state index contributed by atoms with van der Waals surface area (Å²) in [5.41, 5.74) is -0.227. The number of rotatable bonds is 2. The molecule has 0 aliphatic carbocycles. The van der Waals surface area contributed by atoms with Crippen LogP contribution in [-0.4, -0.2) is 25.0 Å². The molecule has 104 valence electrons. The highest BCUT2D eigenvalue weighted by Gasteiger charge is 2.14. The number of nitrogens with one attached hydrogen (secondary N) is 1. The first-order valence-electron chi connectivity index (χ1n) is 6.02. The van der Waals surface area contributed by atoms with Crippen molar-refractivity contribution in [3.8, 4) is 28.7 Å². The van der Waals surface area contributed by atoms with Gasteiger partial charge in [-0.25, -0.2) is 14.4 Å². The van der Waals surface area contributed by atoms with Gasteiger partial charge in [0.2, 0.25) is 5.88 Å². The minimum atomic E-state index is -0.559. The highest BCUT2D eigenvalue weighted by molar-refractivity contribution is 5.68. The monoisotopic (exact) mass is 284 g/mol. The maximum absolute atomic E-state index is 12.9. The molecule has 0 saturated heterocycles. The molecule has 0 spiro atoms. The van der Waals surface area contributed by atoms with E-state index in [1.165, 1.54) is 36.7 Å². The predicted molar refractivity (Wildman–Crippen MR) is 72.9 cm³/mol. The lowest BCUT2D eigenvalue weighted by atomic mass is 10.1. The molecule has 0 aliphatic heterocycles. The number of benzene rings is 1. The zero-order valence-corrected chi connectivity index (χ0v) is 10.6. The topological polar surface area (TPSA) is 91.8 Å². The van der Waals surface area contributed by atoms with Gasteiger partial charge in [0.15, 0.2) is 11.6 Å². The minimum absolute atomic E-state index is 0.0327. The Hall–Kier alpha value is -3.09. The third kappa shape index (κ3) is 2.48. The Kier molecular flexibility index (Phi) is 3.15. The smallest absolute Gasteiger partial charge is 0.263 e. The third-order valence-electron chi connectivity index (χ3n) is 2.81. The van der Waals surface area contributed by atoms with E-state index in [2.05, 4.69) is 19.9 Å². The second kappa shape index (κ2) is 5.12. The summed E-state index contributed by atoms with van der Waals surface area (Å²) in [7, 11) is 0. The van der Waals surface area contributed by atoms with E-state index in [1.54, 1.807) is 6.07 Å². The van der Waals surface area contributed by atoms with Gasteiger partial charge < -0.3 is 10.1 Å². The second-order valence-electron chi connectivity index (χ2n) is 4.19. The second-order valence-corrected chi connectivity index (χ2v) is 4.19. The molecule has 2 aromatic heterocycles. The van der Waals surface area contributed by atoms with E-state index < -0.39 is 17.3 Å². The predicted octanol–water partition coefficient (Wildman–Crippen LogP) is 1.74. The number of hydrogen-bond acceptors (Lipinski definition) is 5. The quantitative estimate of drug-likeness (QED) is 0.747. The average molecular weight is 284 g/mol. The van der Waals surface area contributed by atoms with Crippen LogP contribution in [0.4, 0.5) is 4.39 Å². The first-order valence-corrected chi connectivity index (χ1v) is 6.02. The van der Waals surface area contributed by atoms with Crippen LogP contribution in [0.5, 0.6) is 5.88 Å². The molecule has 0 saturated carbocycles. The molecular formula is C14H9FN4O2. The Morgan fingerprint density at radius 1 is 1.10 bits per heavy atom. The molecule has 6 nitrogen and oxygen atoms in total. The Balaban J connectivity index is 2.13. The van der Waals surface area contributed by atoms with Crippen molar-refractivity contribution in [3.05, 3.63) is 58.9 Å². The fourth-order valence-electron chi connectivity index (χ4n) is 1.87. The lowest BCUT2D eigenvalue weighted by Gasteiger charge is -2.05. The molecule has 3 aromatic rings. The first kappa shape index (κ1) is 12.9. The van der Waals surface area contributed by atoms with Gasteiger partial charge in [0.05, 0.1) is 0 Å². The average Bonchev–Trinajstić information content (AvgIpc) is 2.49. The van der Waals surface area contributed by atoms with Gasteiger partial charge in [-0.15, -0.1) is 0 Å². The van der Waals surface area contributed by atoms with Crippen LogP contribution in [-0.2, 0) is 0 Å². The Labute approximate surface area is 118 Å². The van der Waals surface area contributed by atoms with E-state index in [0.29, 0.717) is 5.56 Å². The third-order valence-corrected chi connectivity index (χ3v) is 2.81. The van der Waals surface area contributed by atoms with Crippen LogP contribution in [0.3, 0.4) is 0 Å². The summed E-state index contributed by atoms with van der Waals surface area (Å²) >= 11 is 0. The van der Waals surface area contributed by atoms with Crippen molar-refractivity contribution in [2.75, 3.05) is 0 Å². The SMILES string of the molecule is O=c1[nH]c(-c2ncccn2)nc(O)c1-c1ccc(F)cc1. The molecule has 0 bridgehead atoms. The van der Waals surface area contributed by atoms with Gasteiger partial charge in [-0.05, 0) is 23.8 Å². The molecule has 0 unspecified atom stereocenters. The van der Waals surface area contributed by atoms with Crippen LogP contribution in [0.2, 0.25) is 0 Å². The highest BCUT2D eigenvalue weighted by atomic mass is 19.1. The molecule has 0 aliphatic rings. The van der Waals surface area contributed by atoms with Gasteiger partial charge in [-0.2, -0.15) is 4.98 Å². The first-order chi connectivity index (χ1) is 10.1. The molecule has 0 fully saturated rings. The van der Waals surface area contributed by atoms with Crippen LogP contribution >= 0.6 is 0 Å². The molecule has 0 amide bonds. The Bertz CT molecular complexity index is 832. The van der Waals surface area contributed by atoms with Gasteiger partial charge in [0.1, 0.15) is 11.4 Å². The normalized spacial score (nSPS) is 10.5. The number of aromatic hydroxyl groups is 1. The summed E-state index contributed by atoms with van der Waals surface area (Å²) in [4.78, 5) is 26.4. The molecule has 0 atom stereocenters. The number of H-pyrrole nitrogens is 1. The van der Waals surface area contributed by atoms with Crippen LogP contribution in [0, 0.1) is 5.82 Å². The fourth-order valence-corrected chi connectivity index (χ4v) is 1.87. The number of hydrogen-bond donors (Lipinski definition) is 2. The van der Waals surface area contributed by atoms with Crippen molar-refractivity contribution < 1.29 is 9.50 Å². The number of aromatic nitrogens is 4. The van der Waals surface area contributed by atoms with Crippen molar-refractivity contribution >= 4 is 0 Å². The summed E-state index contributed by atoms with van der Waals surface area (Å²) in [6.07, 6.45) is 2.99. The maximum Gasteiger partial charge on any atom is 0.263 e. The highest BCUT2D eigenvalue weighted by Crippen LogP contribution is 2.24. The van der Waals surface area contributed by atoms with E-state index in [9.17, 15) is 14.3 Å². The van der Waals surface area contributed by atoms with E-state index in [-0.39, 0.29) is 17.2 Å². The van der Waals surface area contributed by atoms with Crippen molar-refractivity contribution in [2.24, 2.45) is 0 Å². The number of nitrogens with zero attached hydrogens (tertiary/aromatic N) is 3. The van der Waals surface area contributed by atoms with Gasteiger partial charge in [-0.3, -0.25) is 4.79 Å². The van der Waals surface area contributed by atoms with Crippen LogP contribution < -0.4 is 5.56 Å². The maximum atomic E-state index is 12.9. The van der Waals surface area contributed by atoms with Gasteiger partial charge in [0.25, 0.3) is 5.56 Å². The Morgan fingerprint density at radius 2 is 1.76 bits per heavy atom. The van der Waals surface area contributed by atoms with Gasteiger partial charge in [0, 0.05) is 12.4 Å². The molecule has 2 N–H and O–H groups in total. The summed E-state index contributed by atoms with van der Waals surface area (Å²) in [6.45, 7) is 0. The molecular weight excluding hydrogens is 275 g/mol. The minimum Gasteiger partial charge on any atom is -0.493 e. The van der Waals surface area contributed by atoms with E-state index >= 15 is 0 Å². The van der Waals surface area contributed by atoms with Crippen LogP contribution in [0.15, 0.2) is 47.5 Å². The summed E-state index contributed by atoms with van der Waals surface area (Å²) in [5.74, 6) is -0.649. The summed E-state index contributed by atoms with van der Waals surface area (Å²) in [5, 5.41) is 9.98. The molecule has 7 heteroatoms. The van der Waals surface area contributed by atoms with Crippen molar-refractivity contribution in [1.29, 1.82) is 0 Å². The van der Waals surface area contributed by atoms with E-state index in [1.807, 2.05) is 0 Å². The fraction of sp³-hybridized carbons (Fsp3) is 0. The summed E-state index contributed by atoms with van der Waals surface area (Å²) in [6, 6.07) is 6.79. The van der Waals surface area contributed by atoms with Crippen LogP contribution in [0.25, 0.3) is 22.8 Å². The van der Waals surface area contributed by atoms with Gasteiger partial charge >= 0.3 is 0 Å². The number of halogens is 1. The lowest BCUT2D eigenvalue weighted by molar-refractivity contribution is 0.454.